The molecule has 0 heterocycles. The molecule has 0 amide bonds. The molecule has 3 heteroatoms. The third kappa shape index (κ3) is 4.97. The lowest BCUT2D eigenvalue weighted by atomic mass is 9.87. The van der Waals surface area contributed by atoms with Crippen LogP contribution in [0.3, 0.4) is 0 Å². The second-order valence-corrected chi connectivity index (χ2v) is 7.27. The van der Waals surface area contributed by atoms with E-state index < -0.39 is 0 Å². The Morgan fingerprint density at radius 2 is 2.05 bits per heavy atom. The SMILES string of the molecule is C=C(CCNC1CCC1)SC(=C)C(C)(C)C(C)OC. The maximum absolute atomic E-state index is 5.44. The van der Waals surface area contributed by atoms with Gasteiger partial charge in [0.15, 0.2) is 0 Å². The molecule has 19 heavy (non-hydrogen) atoms. The third-order valence-electron chi connectivity index (χ3n) is 4.30. The van der Waals surface area contributed by atoms with E-state index in [4.69, 9.17) is 4.74 Å². The number of nitrogens with one attached hydrogen (secondary N) is 1. The van der Waals surface area contributed by atoms with Crippen molar-refractivity contribution in [3.63, 3.8) is 0 Å². The summed E-state index contributed by atoms with van der Waals surface area (Å²) in [6, 6.07) is 0.756. The summed E-state index contributed by atoms with van der Waals surface area (Å²) in [4.78, 5) is 2.32. The van der Waals surface area contributed by atoms with Crippen LogP contribution >= 0.6 is 11.8 Å². The summed E-state index contributed by atoms with van der Waals surface area (Å²) in [5.41, 5.74) is -0.0379. The molecule has 1 fully saturated rings. The van der Waals surface area contributed by atoms with Crippen molar-refractivity contribution in [1.82, 2.24) is 5.32 Å². The highest BCUT2D eigenvalue weighted by atomic mass is 32.2. The molecule has 1 N–H and O–H groups in total. The second kappa shape index (κ2) is 7.51. The zero-order valence-corrected chi connectivity index (χ0v) is 13.7. The molecule has 2 nitrogen and oxygen atoms in total. The first-order chi connectivity index (χ1) is 8.87. The van der Waals surface area contributed by atoms with Gasteiger partial charge in [-0.3, -0.25) is 0 Å². The van der Waals surface area contributed by atoms with Crippen LogP contribution in [0.2, 0.25) is 0 Å². The van der Waals surface area contributed by atoms with Crippen molar-refractivity contribution in [2.24, 2.45) is 5.41 Å². The molecule has 1 aliphatic carbocycles. The summed E-state index contributed by atoms with van der Waals surface area (Å²) < 4.78 is 5.44. The lowest BCUT2D eigenvalue weighted by Crippen LogP contribution is -2.35. The van der Waals surface area contributed by atoms with Gasteiger partial charge in [-0.1, -0.05) is 45.2 Å². The Kier molecular flexibility index (Phi) is 6.64. The molecule has 1 rings (SSSR count). The minimum atomic E-state index is -0.0379. The molecule has 1 saturated carbocycles. The predicted octanol–water partition coefficient (Wildman–Crippen LogP) is 4.34. The van der Waals surface area contributed by atoms with Crippen LogP contribution in [0.5, 0.6) is 0 Å². The quantitative estimate of drug-likeness (QED) is 0.680. The average Bonchev–Trinajstić information content (AvgIpc) is 2.30. The molecule has 0 aromatic heterocycles. The summed E-state index contributed by atoms with van der Waals surface area (Å²) in [6.45, 7) is 15.8. The molecular weight excluding hydrogens is 254 g/mol. The average molecular weight is 283 g/mol. The second-order valence-electron chi connectivity index (χ2n) is 6.00. The molecule has 1 unspecified atom stereocenters. The van der Waals surface area contributed by atoms with Crippen molar-refractivity contribution in [3.8, 4) is 0 Å². The van der Waals surface area contributed by atoms with Crippen LogP contribution < -0.4 is 5.32 Å². The highest BCUT2D eigenvalue weighted by Gasteiger charge is 2.29. The fraction of sp³-hybridized carbons (Fsp3) is 0.750. The van der Waals surface area contributed by atoms with Gasteiger partial charge in [-0.15, -0.1) is 0 Å². The molecule has 0 radical (unpaired) electrons. The van der Waals surface area contributed by atoms with E-state index in [9.17, 15) is 0 Å². The molecule has 1 atom stereocenters. The van der Waals surface area contributed by atoms with Gasteiger partial charge in [0.2, 0.25) is 0 Å². The fourth-order valence-electron chi connectivity index (χ4n) is 1.91. The first-order valence-corrected chi connectivity index (χ1v) is 8.00. The molecule has 0 aliphatic heterocycles. The van der Waals surface area contributed by atoms with E-state index >= 15 is 0 Å². The zero-order chi connectivity index (χ0) is 14.5. The van der Waals surface area contributed by atoms with Crippen LogP contribution in [-0.2, 0) is 4.74 Å². The minimum Gasteiger partial charge on any atom is -0.381 e. The van der Waals surface area contributed by atoms with Crippen LogP contribution in [0.4, 0.5) is 0 Å². The molecule has 0 aromatic carbocycles. The summed E-state index contributed by atoms with van der Waals surface area (Å²) >= 11 is 1.72. The Balaban J connectivity index is 2.28. The fourth-order valence-corrected chi connectivity index (χ4v) is 2.89. The molecule has 1 aliphatic rings. The topological polar surface area (TPSA) is 21.3 Å². The van der Waals surface area contributed by atoms with E-state index in [1.807, 2.05) is 0 Å². The van der Waals surface area contributed by atoms with Crippen LogP contribution in [0, 0.1) is 5.41 Å². The minimum absolute atomic E-state index is 0.0379. The number of hydrogen-bond donors (Lipinski definition) is 1. The van der Waals surface area contributed by atoms with E-state index in [1.165, 1.54) is 24.2 Å². The van der Waals surface area contributed by atoms with Crippen molar-refractivity contribution in [3.05, 3.63) is 23.0 Å². The molecule has 0 aromatic rings. The van der Waals surface area contributed by atoms with Crippen LogP contribution in [0.1, 0.15) is 46.5 Å². The van der Waals surface area contributed by atoms with Gasteiger partial charge in [-0.05, 0) is 42.5 Å². The number of thioether (sulfide) groups is 1. The lowest BCUT2D eigenvalue weighted by Gasteiger charge is -2.32. The molecule has 0 spiro atoms. The normalized spacial score (nSPS) is 17.9. The summed E-state index contributed by atoms with van der Waals surface area (Å²) in [6.07, 6.45) is 5.23. The Morgan fingerprint density at radius 1 is 1.42 bits per heavy atom. The van der Waals surface area contributed by atoms with Gasteiger partial charge in [0.1, 0.15) is 0 Å². The Morgan fingerprint density at radius 3 is 2.53 bits per heavy atom. The molecule has 110 valence electrons. The van der Waals surface area contributed by atoms with E-state index in [0.717, 1.165) is 23.9 Å². The highest BCUT2D eigenvalue weighted by Crippen LogP contribution is 2.41. The lowest BCUT2D eigenvalue weighted by molar-refractivity contribution is 0.0447. The molecule has 0 bridgehead atoms. The Bertz CT molecular complexity index is 321. The predicted molar refractivity (Wildman–Crippen MR) is 86.4 cm³/mol. The largest absolute Gasteiger partial charge is 0.381 e. The maximum Gasteiger partial charge on any atom is 0.0639 e. The summed E-state index contributed by atoms with van der Waals surface area (Å²) in [7, 11) is 1.75. The van der Waals surface area contributed by atoms with Crippen molar-refractivity contribution < 1.29 is 4.74 Å². The van der Waals surface area contributed by atoms with Gasteiger partial charge in [0.25, 0.3) is 0 Å². The van der Waals surface area contributed by atoms with Crippen molar-refractivity contribution in [2.45, 2.75) is 58.6 Å². The van der Waals surface area contributed by atoms with E-state index in [0.29, 0.717) is 0 Å². The number of ether oxygens (including phenoxy) is 1. The third-order valence-corrected chi connectivity index (χ3v) is 5.56. The van der Waals surface area contributed by atoms with Gasteiger partial charge in [0.05, 0.1) is 6.10 Å². The van der Waals surface area contributed by atoms with Gasteiger partial charge in [0, 0.05) is 18.6 Å². The summed E-state index contributed by atoms with van der Waals surface area (Å²) in [5.74, 6) is 0. The first kappa shape index (κ1) is 16.8. The van der Waals surface area contributed by atoms with Crippen LogP contribution in [-0.4, -0.2) is 25.8 Å². The number of methoxy groups -OCH3 is 1. The molecule has 0 saturated heterocycles. The van der Waals surface area contributed by atoms with E-state index in [2.05, 4.69) is 39.2 Å². The van der Waals surface area contributed by atoms with Crippen LogP contribution in [0.25, 0.3) is 0 Å². The van der Waals surface area contributed by atoms with Gasteiger partial charge in [-0.25, -0.2) is 0 Å². The molecular formula is C16H29NOS. The van der Waals surface area contributed by atoms with E-state index in [1.54, 1.807) is 18.9 Å². The maximum atomic E-state index is 5.44. The summed E-state index contributed by atoms with van der Waals surface area (Å²) in [5, 5.41) is 3.57. The first-order valence-electron chi connectivity index (χ1n) is 7.19. The van der Waals surface area contributed by atoms with Gasteiger partial charge >= 0.3 is 0 Å². The number of rotatable bonds is 9. The van der Waals surface area contributed by atoms with Crippen molar-refractivity contribution >= 4 is 11.8 Å². The Labute approximate surface area is 123 Å². The van der Waals surface area contributed by atoms with Gasteiger partial charge in [-0.2, -0.15) is 0 Å². The van der Waals surface area contributed by atoms with Crippen molar-refractivity contribution in [1.29, 1.82) is 0 Å². The van der Waals surface area contributed by atoms with Crippen LogP contribution in [0.15, 0.2) is 23.0 Å². The van der Waals surface area contributed by atoms with Crippen molar-refractivity contribution in [2.75, 3.05) is 13.7 Å². The van der Waals surface area contributed by atoms with Gasteiger partial charge < -0.3 is 10.1 Å². The van der Waals surface area contributed by atoms with E-state index in [-0.39, 0.29) is 11.5 Å². The zero-order valence-electron chi connectivity index (χ0n) is 12.9. The Hall–Kier alpha value is -0.250. The monoisotopic (exact) mass is 283 g/mol. The standard InChI is InChI=1S/C16H29NOS/c1-12(10-11-17-15-8-7-9-15)19-14(3)16(4,5)13(2)18-6/h13,15,17H,1,3,7-11H2,2,4-6H3. The highest BCUT2D eigenvalue weighted by molar-refractivity contribution is 8.06. The number of hydrogen-bond acceptors (Lipinski definition) is 3. The smallest absolute Gasteiger partial charge is 0.0639 e.